The molecule has 0 N–H and O–H groups in total. The maximum atomic E-state index is 8.66. The first-order valence-electron chi connectivity index (χ1n) is 5.15. The van der Waals surface area contributed by atoms with E-state index in [4.69, 9.17) is 5.26 Å². The highest BCUT2D eigenvalue weighted by Crippen LogP contribution is 2.28. The lowest BCUT2D eigenvalue weighted by Gasteiger charge is -2.19. The molecule has 0 aliphatic rings. The molecule has 1 aromatic carbocycles. The molecule has 1 unspecified atom stereocenters. The Balaban J connectivity index is 2.30. The van der Waals surface area contributed by atoms with Crippen LogP contribution in [0.3, 0.4) is 0 Å². The monoisotopic (exact) mass is 231 g/mol. The maximum Gasteiger partial charge on any atom is 0.111 e. The van der Waals surface area contributed by atoms with Crippen molar-refractivity contribution in [2.24, 2.45) is 0 Å². The van der Waals surface area contributed by atoms with Crippen molar-refractivity contribution in [1.82, 2.24) is 9.88 Å². The number of nitriles is 1. The molecule has 82 valence electrons. The minimum Gasteiger partial charge on any atom is -0.284 e. The van der Waals surface area contributed by atoms with Crippen LogP contribution in [-0.2, 0) is 0 Å². The van der Waals surface area contributed by atoms with Gasteiger partial charge in [-0.25, -0.2) is 4.98 Å². The minimum atomic E-state index is 0.192. The Morgan fingerprint density at radius 1 is 1.50 bits per heavy atom. The van der Waals surface area contributed by atoms with Crippen molar-refractivity contribution in [3.63, 3.8) is 0 Å². The van der Waals surface area contributed by atoms with Gasteiger partial charge in [-0.3, -0.25) is 4.90 Å². The highest BCUT2D eigenvalue weighted by Gasteiger charge is 2.15. The van der Waals surface area contributed by atoms with Gasteiger partial charge in [0.2, 0.25) is 0 Å². The first-order chi connectivity index (χ1) is 7.72. The number of fused-ring (bicyclic) bond motifs is 1. The quantitative estimate of drug-likeness (QED) is 0.763. The molecule has 2 rings (SSSR count). The fourth-order valence-corrected chi connectivity index (χ4v) is 2.59. The smallest absolute Gasteiger partial charge is 0.111 e. The fraction of sp³-hybridized carbons (Fsp3) is 0.333. The van der Waals surface area contributed by atoms with Crippen molar-refractivity contribution in [3.8, 4) is 6.07 Å². The van der Waals surface area contributed by atoms with E-state index in [0.29, 0.717) is 6.54 Å². The number of para-hydroxylation sites is 1. The standard InChI is InChI=1S/C12H13N3S/c1-9(15(2)8-7-13)12-14-10-5-3-4-6-11(10)16-12/h3-6,9H,8H2,1-2H3. The Hall–Kier alpha value is -1.44. The lowest BCUT2D eigenvalue weighted by molar-refractivity contribution is 0.292. The van der Waals surface area contributed by atoms with Gasteiger partial charge < -0.3 is 0 Å². The summed E-state index contributed by atoms with van der Waals surface area (Å²) in [6.07, 6.45) is 0. The second kappa shape index (κ2) is 4.60. The molecule has 1 atom stereocenters. The lowest BCUT2D eigenvalue weighted by atomic mass is 10.3. The van der Waals surface area contributed by atoms with E-state index in [1.807, 2.05) is 30.1 Å². The second-order valence-electron chi connectivity index (χ2n) is 3.77. The summed E-state index contributed by atoms with van der Waals surface area (Å²) in [4.78, 5) is 6.58. The number of thiazole rings is 1. The molecular formula is C12H13N3S. The van der Waals surface area contributed by atoms with Gasteiger partial charge in [0.15, 0.2) is 0 Å². The van der Waals surface area contributed by atoms with Gasteiger partial charge in [0.05, 0.1) is 28.9 Å². The SMILES string of the molecule is CC(c1nc2ccccc2s1)N(C)CC#N. The van der Waals surface area contributed by atoms with Crippen LogP contribution in [-0.4, -0.2) is 23.5 Å². The van der Waals surface area contributed by atoms with Crippen LogP contribution >= 0.6 is 11.3 Å². The topological polar surface area (TPSA) is 39.9 Å². The highest BCUT2D eigenvalue weighted by atomic mass is 32.1. The molecule has 0 bridgehead atoms. The third-order valence-corrected chi connectivity index (χ3v) is 3.86. The van der Waals surface area contributed by atoms with Crippen LogP contribution in [0.2, 0.25) is 0 Å². The Labute approximate surface area is 99.0 Å². The molecule has 0 amide bonds. The Bertz CT molecular complexity index is 493. The van der Waals surface area contributed by atoms with Crippen molar-refractivity contribution in [2.75, 3.05) is 13.6 Å². The number of aromatic nitrogens is 1. The van der Waals surface area contributed by atoms with Gasteiger partial charge in [-0.2, -0.15) is 5.26 Å². The van der Waals surface area contributed by atoms with E-state index in [-0.39, 0.29) is 6.04 Å². The van der Waals surface area contributed by atoms with E-state index in [0.717, 1.165) is 10.5 Å². The second-order valence-corrected chi connectivity index (χ2v) is 4.83. The van der Waals surface area contributed by atoms with Crippen molar-refractivity contribution >= 4 is 21.6 Å². The number of rotatable bonds is 3. The molecule has 16 heavy (non-hydrogen) atoms. The summed E-state index contributed by atoms with van der Waals surface area (Å²) in [5.41, 5.74) is 1.04. The van der Waals surface area contributed by atoms with Crippen LogP contribution < -0.4 is 0 Å². The summed E-state index contributed by atoms with van der Waals surface area (Å²) >= 11 is 1.70. The van der Waals surface area contributed by atoms with Gasteiger partial charge in [0.25, 0.3) is 0 Å². The average molecular weight is 231 g/mol. The molecular weight excluding hydrogens is 218 g/mol. The molecule has 0 fully saturated rings. The van der Waals surface area contributed by atoms with Crippen molar-refractivity contribution in [2.45, 2.75) is 13.0 Å². The Morgan fingerprint density at radius 3 is 2.94 bits per heavy atom. The van der Waals surface area contributed by atoms with Crippen LogP contribution in [0.4, 0.5) is 0 Å². The summed E-state index contributed by atoms with van der Waals surface area (Å²) in [6.45, 7) is 2.51. The van der Waals surface area contributed by atoms with Crippen LogP contribution in [0.15, 0.2) is 24.3 Å². The number of nitrogens with zero attached hydrogens (tertiary/aromatic N) is 3. The normalized spacial score (nSPS) is 12.9. The summed E-state index contributed by atoms with van der Waals surface area (Å²) in [5.74, 6) is 0. The van der Waals surface area contributed by atoms with E-state index < -0.39 is 0 Å². The number of benzene rings is 1. The third kappa shape index (κ3) is 2.06. The summed E-state index contributed by atoms with van der Waals surface area (Å²) in [6, 6.07) is 10.5. The zero-order valence-corrected chi connectivity index (χ0v) is 10.2. The van der Waals surface area contributed by atoms with Gasteiger partial charge in [-0.1, -0.05) is 12.1 Å². The van der Waals surface area contributed by atoms with Crippen LogP contribution in [0.5, 0.6) is 0 Å². The summed E-state index contributed by atoms with van der Waals surface area (Å²) in [5, 5.41) is 9.73. The van der Waals surface area contributed by atoms with Crippen LogP contribution in [0.25, 0.3) is 10.2 Å². The van der Waals surface area contributed by atoms with Gasteiger partial charge in [-0.15, -0.1) is 11.3 Å². The molecule has 0 saturated carbocycles. The van der Waals surface area contributed by atoms with Crippen LogP contribution in [0, 0.1) is 11.3 Å². The molecule has 2 aromatic rings. The molecule has 4 heteroatoms. The largest absolute Gasteiger partial charge is 0.284 e. The first kappa shape index (κ1) is 11.1. The molecule has 1 heterocycles. The van der Waals surface area contributed by atoms with E-state index in [1.54, 1.807) is 11.3 Å². The van der Waals surface area contributed by atoms with Gasteiger partial charge >= 0.3 is 0 Å². The molecule has 0 aliphatic carbocycles. The zero-order chi connectivity index (χ0) is 11.5. The molecule has 1 aromatic heterocycles. The van der Waals surface area contributed by atoms with Gasteiger partial charge in [-0.05, 0) is 26.1 Å². The summed E-state index contributed by atoms with van der Waals surface area (Å²) in [7, 11) is 1.94. The molecule has 0 radical (unpaired) electrons. The highest BCUT2D eigenvalue weighted by molar-refractivity contribution is 7.18. The van der Waals surface area contributed by atoms with E-state index in [9.17, 15) is 0 Å². The van der Waals surface area contributed by atoms with Crippen molar-refractivity contribution in [1.29, 1.82) is 5.26 Å². The Morgan fingerprint density at radius 2 is 2.25 bits per heavy atom. The summed E-state index contributed by atoms with van der Waals surface area (Å²) < 4.78 is 1.20. The predicted molar refractivity (Wildman–Crippen MR) is 66.3 cm³/mol. The number of hydrogen-bond acceptors (Lipinski definition) is 4. The zero-order valence-electron chi connectivity index (χ0n) is 9.34. The van der Waals surface area contributed by atoms with E-state index in [1.165, 1.54) is 4.70 Å². The molecule has 0 saturated heterocycles. The molecule has 0 spiro atoms. The first-order valence-corrected chi connectivity index (χ1v) is 5.96. The Kier molecular flexibility index (Phi) is 3.18. The average Bonchev–Trinajstić information content (AvgIpc) is 2.71. The molecule has 0 aliphatic heterocycles. The number of hydrogen-bond donors (Lipinski definition) is 0. The third-order valence-electron chi connectivity index (χ3n) is 2.65. The van der Waals surface area contributed by atoms with Gasteiger partial charge in [0.1, 0.15) is 5.01 Å². The van der Waals surface area contributed by atoms with E-state index in [2.05, 4.69) is 24.0 Å². The van der Waals surface area contributed by atoms with Crippen molar-refractivity contribution in [3.05, 3.63) is 29.3 Å². The fourth-order valence-electron chi connectivity index (χ4n) is 1.51. The maximum absolute atomic E-state index is 8.66. The minimum absolute atomic E-state index is 0.192. The van der Waals surface area contributed by atoms with Crippen LogP contribution in [0.1, 0.15) is 18.0 Å². The predicted octanol–water partition coefficient (Wildman–Crippen LogP) is 2.81. The van der Waals surface area contributed by atoms with Crippen molar-refractivity contribution < 1.29 is 0 Å². The molecule has 3 nitrogen and oxygen atoms in total. The van der Waals surface area contributed by atoms with E-state index >= 15 is 0 Å². The van der Waals surface area contributed by atoms with Gasteiger partial charge in [0, 0.05) is 0 Å². The lowest BCUT2D eigenvalue weighted by Crippen LogP contribution is -2.22.